The Bertz CT molecular complexity index is 554. The number of nitrogens with one attached hydrogen (secondary N) is 1. The molecule has 18 heavy (non-hydrogen) atoms. The van der Waals surface area contributed by atoms with Crippen LogP contribution in [0.2, 0.25) is 0 Å². The second-order valence-electron chi connectivity index (χ2n) is 3.82. The van der Waals surface area contributed by atoms with Crippen LogP contribution >= 0.6 is 0 Å². The third kappa shape index (κ3) is 2.53. The lowest BCUT2D eigenvalue weighted by atomic mass is 10.2. The first-order valence-corrected chi connectivity index (χ1v) is 5.39. The van der Waals surface area contributed by atoms with Crippen LogP contribution < -0.4 is 10.1 Å². The van der Waals surface area contributed by atoms with E-state index in [1.807, 2.05) is 0 Å². The number of aryl methyl sites for hydroxylation is 1. The van der Waals surface area contributed by atoms with Gasteiger partial charge in [-0.1, -0.05) is 0 Å². The second-order valence-corrected chi connectivity index (χ2v) is 3.82. The highest BCUT2D eigenvalue weighted by atomic mass is 19.1. The number of anilines is 1. The zero-order valence-corrected chi connectivity index (χ0v) is 10.1. The second kappa shape index (κ2) is 4.95. The summed E-state index contributed by atoms with van der Waals surface area (Å²) < 4.78 is 19.7. The summed E-state index contributed by atoms with van der Waals surface area (Å²) in [5.41, 5.74) is 0.472. The van der Waals surface area contributed by atoms with Crippen molar-refractivity contribution in [3.8, 4) is 11.6 Å². The molecule has 0 aliphatic carbocycles. The lowest BCUT2D eigenvalue weighted by Gasteiger charge is -2.05. The lowest BCUT2D eigenvalue weighted by molar-refractivity contribution is 0.373. The van der Waals surface area contributed by atoms with Gasteiger partial charge in [-0.05, 0) is 18.2 Å². The molecule has 1 aromatic carbocycles. The molecule has 0 aliphatic rings. The van der Waals surface area contributed by atoms with E-state index in [-0.39, 0.29) is 18.1 Å². The molecule has 0 saturated carbocycles. The maximum atomic E-state index is 13.0. The number of aromatic nitrogens is 2. The molecule has 0 spiro atoms. The molecule has 2 rings (SSSR count). The van der Waals surface area contributed by atoms with Crippen molar-refractivity contribution in [2.45, 2.75) is 6.54 Å². The van der Waals surface area contributed by atoms with Gasteiger partial charge in [-0.25, -0.2) is 9.07 Å². The molecular formula is C12H14FN3O2. The molecule has 0 unspecified atom stereocenters. The van der Waals surface area contributed by atoms with Crippen molar-refractivity contribution in [2.75, 3.05) is 12.4 Å². The Morgan fingerprint density at radius 2 is 2.22 bits per heavy atom. The largest absolute Gasteiger partial charge is 0.508 e. The Morgan fingerprint density at radius 1 is 1.44 bits per heavy atom. The molecule has 96 valence electrons. The van der Waals surface area contributed by atoms with Crippen LogP contribution in [0.4, 0.5) is 10.2 Å². The molecular weight excluding hydrogens is 237 g/mol. The predicted molar refractivity (Wildman–Crippen MR) is 65.2 cm³/mol. The van der Waals surface area contributed by atoms with E-state index in [2.05, 4.69) is 10.4 Å². The summed E-state index contributed by atoms with van der Waals surface area (Å²) in [6.07, 6.45) is 0. The molecule has 6 heteroatoms. The third-order valence-electron chi connectivity index (χ3n) is 2.55. The Balaban J connectivity index is 2.08. The number of aromatic hydroxyl groups is 1. The predicted octanol–water partition coefficient (Wildman–Crippen LogP) is 1.89. The standard InChI is InChI=1S/C12H14FN3O2/c1-16-12(18-2)6-11(15-16)14-7-8-5-9(13)3-4-10(8)17/h3-6,17H,7H2,1-2H3,(H,14,15). The first kappa shape index (κ1) is 12.2. The van der Waals surface area contributed by atoms with Crippen molar-refractivity contribution in [1.82, 2.24) is 9.78 Å². The van der Waals surface area contributed by atoms with E-state index < -0.39 is 0 Å². The number of methoxy groups -OCH3 is 1. The summed E-state index contributed by atoms with van der Waals surface area (Å²) in [6, 6.07) is 5.53. The van der Waals surface area contributed by atoms with Crippen LogP contribution in [0.15, 0.2) is 24.3 Å². The van der Waals surface area contributed by atoms with Crippen LogP contribution in [0.25, 0.3) is 0 Å². The number of phenols is 1. The number of hydrogen-bond acceptors (Lipinski definition) is 4. The van der Waals surface area contributed by atoms with Crippen LogP contribution in [0.1, 0.15) is 5.56 Å². The van der Waals surface area contributed by atoms with Gasteiger partial charge in [-0.15, -0.1) is 0 Å². The number of hydrogen-bond donors (Lipinski definition) is 2. The van der Waals surface area contributed by atoms with Gasteiger partial charge in [0.2, 0.25) is 5.88 Å². The van der Waals surface area contributed by atoms with Gasteiger partial charge < -0.3 is 15.2 Å². The molecule has 0 radical (unpaired) electrons. The van der Waals surface area contributed by atoms with Crippen LogP contribution in [-0.4, -0.2) is 22.0 Å². The van der Waals surface area contributed by atoms with Gasteiger partial charge in [0.15, 0.2) is 5.82 Å². The van der Waals surface area contributed by atoms with Gasteiger partial charge in [0.1, 0.15) is 11.6 Å². The summed E-state index contributed by atoms with van der Waals surface area (Å²) >= 11 is 0. The minimum absolute atomic E-state index is 0.0480. The highest BCUT2D eigenvalue weighted by molar-refractivity contribution is 5.41. The quantitative estimate of drug-likeness (QED) is 0.871. The van der Waals surface area contributed by atoms with E-state index in [4.69, 9.17) is 4.74 Å². The van der Waals surface area contributed by atoms with E-state index in [0.717, 1.165) is 0 Å². The van der Waals surface area contributed by atoms with E-state index in [9.17, 15) is 9.50 Å². The normalized spacial score (nSPS) is 10.4. The monoisotopic (exact) mass is 251 g/mol. The average Bonchev–Trinajstić information content (AvgIpc) is 2.71. The zero-order chi connectivity index (χ0) is 13.1. The van der Waals surface area contributed by atoms with Crippen LogP contribution in [-0.2, 0) is 13.6 Å². The minimum Gasteiger partial charge on any atom is -0.508 e. The van der Waals surface area contributed by atoms with E-state index in [1.54, 1.807) is 24.9 Å². The van der Waals surface area contributed by atoms with Crippen LogP contribution in [0, 0.1) is 5.82 Å². The highest BCUT2D eigenvalue weighted by Gasteiger charge is 2.06. The Hall–Kier alpha value is -2.24. The van der Waals surface area contributed by atoms with Crippen molar-refractivity contribution in [2.24, 2.45) is 7.05 Å². The maximum absolute atomic E-state index is 13.0. The number of benzene rings is 1. The molecule has 2 aromatic rings. The molecule has 1 heterocycles. The summed E-state index contributed by atoms with van der Waals surface area (Å²) in [7, 11) is 3.31. The average molecular weight is 251 g/mol. The topological polar surface area (TPSA) is 59.3 Å². The van der Waals surface area contributed by atoms with E-state index in [0.29, 0.717) is 17.3 Å². The number of nitrogens with zero attached hydrogens (tertiary/aromatic N) is 2. The van der Waals surface area contributed by atoms with Crippen LogP contribution in [0.5, 0.6) is 11.6 Å². The summed E-state index contributed by atoms with van der Waals surface area (Å²) in [6.45, 7) is 0.282. The van der Waals surface area contributed by atoms with E-state index >= 15 is 0 Å². The molecule has 0 fully saturated rings. The fraction of sp³-hybridized carbons (Fsp3) is 0.250. The summed E-state index contributed by atoms with van der Waals surface area (Å²) in [5, 5.41) is 16.7. The first-order valence-electron chi connectivity index (χ1n) is 5.39. The minimum atomic E-state index is -0.386. The molecule has 2 N–H and O–H groups in total. The Kier molecular flexibility index (Phi) is 3.36. The third-order valence-corrected chi connectivity index (χ3v) is 2.55. The molecule has 0 aliphatic heterocycles. The van der Waals surface area contributed by atoms with Gasteiger partial charge in [0.05, 0.1) is 7.11 Å². The molecule has 0 atom stereocenters. The molecule has 0 bridgehead atoms. The van der Waals surface area contributed by atoms with E-state index in [1.165, 1.54) is 18.2 Å². The van der Waals surface area contributed by atoms with Crippen molar-refractivity contribution < 1.29 is 14.2 Å². The molecule has 0 amide bonds. The smallest absolute Gasteiger partial charge is 0.213 e. The van der Waals surface area contributed by atoms with Crippen molar-refractivity contribution in [3.05, 3.63) is 35.6 Å². The number of rotatable bonds is 4. The Morgan fingerprint density at radius 3 is 2.89 bits per heavy atom. The fourth-order valence-electron chi connectivity index (χ4n) is 1.61. The first-order chi connectivity index (χ1) is 8.60. The highest BCUT2D eigenvalue weighted by Crippen LogP contribution is 2.20. The van der Waals surface area contributed by atoms with Gasteiger partial charge in [0.25, 0.3) is 0 Å². The summed E-state index contributed by atoms with van der Waals surface area (Å²) in [4.78, 5) is 0. The van der Waals surface area contributed by atoms with Gasteiger partial charge in [-0.2, -0.15) is 5.10 Å². The summed E-state index contributed by atoms with van der Waals surface area (Å²) in [5.74, 6) is 0.869. The van der Waals surface area contributed by atoms with Crippen molar-refractivity contribution in [1.29, 1.82) is 0 Å². The van der Waals surface area contributed by atoms with Crippen molar-refractivity contribution >= 4 is 5.82 Å². The fourth-order valence-corrected chi connectivity index (χ4v) is 1.61. The number of halogens is 1. The molecule has 5 nitrogen and oxygen atoms in total. The van der Waals surface area contributed by atoms with Gasteiger partial charge >= 0.3 is 0 Å². The van der Waals surface area contributed by atoms with Crippen LogP contribution in [0.3, 0.4) is 0 Å². The van der Waals surface area contributed by atoms with Crippen molar-refractivity contribution in [3.63, 3.8) is 0 Å². The molecule has 1 aromatic heterocycles. The SMILES string of the molecule is COc1cc(NCc2cc(F)ccc2O)nn1C. The van der Waals surface area contributed by atoms with Gasteiger partial charge in [-0.3, -0.25) is 0 Å². The zero-order valence-electron chi connectivity index (χ0n) is 10.1. The lowest BCUT2D eigenvalue weighted by Crippen LogP contribution is -2.01. The maximum Gasteiger partial charge on any atom is 0.213 e. The Labute approximate surface area is 104 Å². The number of ether oxygens (including phenoxy) is 1. The number of phenolic OH excluding ortho intramolecular Hbond substituents is 1. The molecule has 0 saturated heterocycles. The van der Waals surface area contributed by atoms with Gasteiger partial charge in [0, 0.05) is 25.2 Å².